The molecule has 2 aromatic rings. The van der Waals surface area contributed by atoms with E-state index in [1.165, 1.54) is 4.88 Å². The van der Waals surface area contributed by atoms with Crippen molar-refractivity contribution in [3.05, 3.63) is 40.6 Å². The molecular formula is C15H24N4S. The molecule has 2 heterocycles. The third-order valence-electron chi connectivity index (χ3n) is 3.40. The number of aromatic nitrogens is 2. The molecule has 5 heteroatoms. The summed E-state index contributed by atoms with van der Waals surface area (Å²) in [6, 6.07) is 4.89. The lowest BCUT2D eigenvalue weighted by Crippen LogP contribution is -2.34. The fourth-order valence-electron chi connectivity index (χ4n) is 2.21. The quantitative estimate of drug-likeness (QED) is 0.851. The average Bonchev–Trinajstić information content (AvgIpc) is 3.05. The number of nitrogens with zero attached hydrogens (tertiary/aromatic N) is 3. The van der Waals surface area contributed by atoms with Crippen molar-refractivity contribution in [3.8, 4) is 0 Å². The zero-order valence-electron chi connectivity index (χ0n) is 12.7. The maximum absolute atomic E-state index is 4.52. The van der Waals surface area contributed by atoms with Gasteiger partial charge in [-0.1, -0.05) is 6.07 Å². The van der Waals surface area contributed by atoms with Crippen LogP contribution in [0.1, 0.15) is 30.1 Å². The molecule has 2 atom stereocenters. The van der Waals surface area contributed by atoms with Gasteiger partial charge in [-0.15, -0.1) is 11.3 Å². The van der Waals surface area contributed by atoms with Crippen LogP contribution in [0.3, 0.4) is 0 Å². The van der Waals surface area contributed by atoms with E-state index in [9.17, 15) is 0 Å². The molecule has 4 nitrogen and oxygen atoms in total. The van der Waals surface area contributed by atoms with Crippen molar-refractivity contribution < 1.29 is 0 Å². The molecule has 2 unspecified atom stereocenters. The highest BCUT2D eigenvalue weighted by Gasteiger charge is 2.21. The first-order chi connectivity index (χ1) is 9.58. The van der Waals surface area contributed by atoms with Crippen LogP contribution in [0.5, 0.6) is 0 Å². The second kappa shape index (κ2) is 7.02. The predicted octanol–water partition coefficient (Wildman–Crippen LogP) is 2.50. The number of aryl methyl sites for hydroxylation is 1. The number of rotatable bonds is 7. The van der Waals surface area contributed by atoms with Crippen LogP contribution in [0.15, 0.2) is 29.9 Å². The first kappa shape index (κ1) is 15.2. The molecule has 2 rings (SSSR count). The van der Waals surface area contributed by atoms with Crippen LogP contribution in [0.4, 0.5) is 0 Å². The van der Waals surface area contributed by atoms with Gasteiger partial charge in [0.05, 0.1) is 0 Å². The molecule has 20 heavy (non-hydrogen) atoms. The first-order valence-corrected chi connectivity index (χ1v) is 7.87. The lowest BCUT2D eigenvalue weighted by atomic mass is 10.1. The van der Waals surface area contributed by atoms with Crippen LogP contribution < -0.4 is 5.32 Å². The Labute approximate surface area is 125 Å². The largest absolute Gasteiger partial charge is 0.336 e. The lowest BCUT2D eigenvalue weighted by Gasteiger charge is -2.23. The molecule has 0 saturated heterocycles. The average molecular weight is 292 g/mol. The van der Waals surface area contributed by atoms with Gasteiger partial charge < -0.3 is 14.8 Å². The number of thiophene rings is 1. The van der Waals surface area contributed by atoms with Gasteiger partial charge in [0.25, 0.3) is 0 Å². The van der Waals surface area contributed by atoms with Crippen molar-refractivity contribution in [2.75, 3.05) is 20.6 Å². The molecule has 0 aliphatic rings. The standard InChI is InChI=1S/C15H24N4S/c1-12(7-9-18(2)3)17-14(13-6-5-11-20-13)15-16-8-10-19(15)4/h5-6,8,10-12,14,17H,7,9H2,1-4H3. The van der Waals surface area contributed by atoms with Crippen LogP contribution in [0, 0.1) is 0 Å². The van der Waals surface area contributed by atoms with Gasteiger partial charge in [0.15, 0.2) is 0 Å². The number of hydrogen-bond donors (Lipinski definition) is 1. The van der Waals surface area contributed by atoms with Crippen molar-refractivity contribution in [2.45, 2.75) is 25.4 Å². The summed E-state index contributed by atoms with van der Waals surface area (Å²) in [6.45, 7) is 3.33. The molecule has 0 aromatic carbocycles. The normalized spacial score (nSPS) is 14.7. The fourth-order valence-corrected chi connectivity index (χ4v) is 3.00. The van der Waals surface area contributed by atoms with E-state index in [1.54, 1.807) is 11.3 Å². The predicted molar refractivity (Wildman–Crippen MR) is 85.1 cm³/mol. The topological polar surface area (TPSA) is 33.1 Å². The van der Waals surface area contributed by atoms with Gasteiger partial charge in [0.1, 0.15) is 11.9 Å². The summed E-state index contributed by atoms with van der Waals surface area (Å²) >= 11 is 1.78. The Balaban J connectivity index is 2.10. The Bertz CT molecular complexity index is 504. The SMILES string of the molecule is CC(CCN(C)C)NC(c1cccs1)c1nccn1C. The Morgan fingerprint density at radius 3 is 2.80 bits per heavy atom. The van der Waals surface area contributed by atoms with Gasteiger partial charge in [0.2, 0.25) is 0 Å². The summed E-state index contributed by atoms with van der Waals surface area (Å²) in [5.41, 5.74) is 0. The Hall–Kier alpha value is -1.17. The molecule has 0 aliphatic carbocycles. The smallest absolute Gasteiger partial charge is 0.131 e. The van der Waals surface area contributed by atoms with Gasteiger partial charge in [-0.3, -0.25) is 0 Å². The summed E-state index contributed by atoms with van der Waals surface area (Å²) in [6.07, 6.45) is 4.99. The van der Waals surface area contributed by atoms with Crippen LogP contribution >= 0.6 is 11.3 Å². The van der Waals surface area contributed by atoms with Crippen molar-refractivity contribution in [1.29, 1.82) is 0 Å². The van der Waals surface area contributed by atoms with E-state index >= 15 is 0 Å². The summed E-state index contributed by atoms with van der Waals surface area (Å²) in [5, 5.41) is 5.84. The fraction of sp³-hybridized carbons (Fsp3) is 0.533. The molecule has 1 N–H and O–H groups in total. The highest BCUT2D eigenvalue weighted by molar-refractivity contribution is 7.10. The summed E-state index contributed by atoms with van der Waals surface area (Å²) in [4.78, 5) is 8.05. The second-order valence-electron chi connectivity index (χ2n) is 5.50. The molecule has 0 amide bonds. The van der Waals surface area contributed by atoms with E-state index in [1.807, 2.05) is 12.4 Å². The van der Waals surface area contributed by atoms with Crippen molar-refractivity contribution >= 4 is 11.3 Å². The first-order valence-electron chi connectivity index (χ1n) is 6.99. The van der Waals surface area contributed by atoms with Crippen LogP contribution in [0.2, 0.25) is 0 Å². The monoisotopic (exact) mass is 292 g/mol. The van der Waals surface area contributed by atoms with Crippen LogP contribution in [0.25, 0.3) is 0 Å². The molecule has 110 valence electrons. The molecule has 0 radical (unpaired) electrons. The number of hydrogen-bond acceptors (Lipinski definition) is 4. The van der Waals surface area contributed by atoms with Crippen molar-refractivity contribution in [3.63, 3.8) is 0 Å². The maximum Gasteiger partial charge on any atom is 0.131 e. The third-order valence-corrected chi connectivity index (χ3v) is 4.34. The molecule has 2 aromatic heterocycles. The Morgan fingerprint density at radius 1 is 1.45 bits per heavy atom. The zero-order chi connectivity index (χ0) is 14.5. The van der Waals surface area contributed by atoms with Gasteiger partial charge in [0, 0.05) is 30.4 Å². The minimum absolute atomic E-state index is 0.173. The third kappa shape index (κ3) is 3.91. The summed E-state index contributed by atoms with van der Waals surface area (Å²) < 4.78 is 2.09. The molecule has 0 fully saturated rings. The minimum atomic E-state index is 0.173. The highest BCUT2D eigenvalue weighted by Crippen LogP contribution is 2.25. The molecule has 0 saturated carbocycles. The van der Waals surface area contributed by atoms with E-state index in [2.05, 4.69) is 65.3 Å². The van der Waals surface area contributed by atoms with E-state index in [-0.39, 0.29) is 6.04 Å². The van der Waals surface area contributed by atoms with Crippen molar-refractivity contribution in [2.24, 2.45) is 7.05 Å². The van der Waals surface area contributed by atoms with Gasteiger partial charge in [-0.25, -0.2) is 4.98 Å². The number of imidazole rings is 1. The Kier molecular flexibility index (Phi) is 5.34. The molecule has 0 bridgehead atoms. The molecule has 0 aliphatic heterocycles. The van der Waals surface area contributed by atoms with Crippen LogP contribution in [-0.4, -0.2) is 41.1 Å². The van der Waals surface area contributed by atoms with E-state index < -0.39 is 0 Å². The van der Waals surface area contributed by atoms with Gasteiger partial charge >= 0.3 is 0 Å². The Morgan fingerprint density at radius 2 is 2.25 bits per heavy atom. The van der Waals surface area contributed by atoms with E-state index in [0.717, 1.165) is 18.8 Å². The number of nitrogens with one attached hydrogen (secondary N) is 1. The minimum Gasteiger partial charge on any atom is -0.336 e. The molecule has 0 spiro atoms. The van der Waals surface area contributed by atoms with Gasteiger partial charge in [-0.05, 0) is 45.4 Å². The maximum atomic E-state index is 4.52. The lowest BCUT2D eigenvalue weighted by molar-refractivity contribution is 0.355. The van der Waals surface area contributed by atoms with Crippen molar-refractivity contribution in [1.82, 2.24) is 19.8 Å². The summed E-state index contributed by atoms with van der Waals surface area (Å²) in [5.74, 6) is 1.07. The van der Waals surface area contributed by atoms with E-state index in [0.29, 0.717) is 6.04 Å². The second-order valence-corrected chi connectivity index (χ2v) is 6.48. The zero-order valence-corrected chi connectivity index (χ0v) is 13.5. The molecular weight excluding hydrogens is 268 g/mol. The van der Waals surface area contributed by atoms with Crippen LogP contribution in [-0.2, 0) is 7.05 Å². The van der Waals surface area contributed by atoms with E-state index in [4.69, 9.17) is 0 Å². The highest BCUT2D eigenvalue weighted by atomic mass is 32.1. The summed E-state index contributed by atoms with van der Waals surface area (Å²) in [7, 11) is 6.28. The van der Waals surface area contributed by atoms with Gasteiger partial charge in [-0.2, -0.15) is 0 Å².